The molecule has 2 N–H and O–H groups in total. The minimum Gasteiger partial charge on any atom is -0.377 e. The lowest BCUT2D eigenvalue weighted by molar-refractivity contribution is 0.117. The van der Waals surface area contributed by atoms with Gasteiger partial charge in [0.25, 0.3) is 0 Å². The molecule has 0 aromatic heterocycles. The van der Waals surface area contributed by atoms with Crippen molar-refractivity contribution in [2.75, 3.05) is 13.7 Å². The Labute approximate surface area is 124 Å². The summed E-state index contributed by atoms with van der Waals surface area (Å²) in [4.78, 5) is -0.00755. The van der Waals surface area contributed by atoms with Gasteiger partial charge in [-0.15, -0.1) is 0 Å². The molecule has 0 saturated carbocycles. The highest BCUT2D eigenvalue weighted by molar-refractivity contribution is 7.89. The molecule has 1 heterocycles. The van der Waals surface area contributed by atoms with Gasteiger partial charge in [-0.1, -0.05) is 0 Å². The lowest BCUT2D eigenvalue weighted by atomic mass is 10.1. The molecule has 0 radical (unpaired) electrons. The molecule has 1 aliphatic heterocycles. The Morgan fingerprint density at radius 3 is 2.71 bits per heavy atom. The van der Waals surface area contributed by atoms with Crippen LogP contribution in [0.4, 0.5) is 4.39 Å². The van der Waals surface area contributed by atoms with E-state index >= 15 is 0 Å². The first-order chi connectivity index (χ1) is 9.85. The van der Waals surface area contributed by atoms with Gasteiger partial charge < -0.3 is 10.1 Å². The van der Waals surface area contributed by atoms with Gasteiger partial charge in [-0.3, -0.25) is 0 Å². The van der Waals surface area contributed by atoms with Crippen LogP contribution in [0.2, 0.25) is 0 Å². The fraction of sp³-hybridized carbons (Fsp3) is 0.571. The van der Waals surface area contributed by atoms with Crippen molar-refractivity contribution in [3.05, 3.63) is 29.1 Å². The quantitative estimate of drug-likeness (QED) is 0.859. The van der Waals surface area contributed by atoms with Crippen molar-refractivity contribution in [2.24, 2.45) is 0 Å². The highest BCUT2D eigenvalue weighted by atomic mass is 32.2. The van der Waals surface area contributed by atoms with Crippen LogP contribution in [0.25, 0.3) is 0 Å². The van der Waals surface area contributed by atoms with Gasteiger partial charge in [0.1, 0.15) is 5.82 Å². The van der Waals surface area contributed by atoms with Crippen LogP contribution >= 0.6 is 0 Å². The Morgan fingerprint density at radius 2 is 2.14 bits per heavy atom. The van der Waals surface area contributed by atoms with E-state index in [1.807, 2.05) is 6.92 Å². The summed E-state index contributed by atoms with van der Waals surface area (Å²) in [7, 11) is -2.04. The third kappa shape index (κ3) is 3.60. The number of hydrogen-bond donors (Lipinski definition) is 2. The van der Waals surface area contributed by atoms with E-state index in [1.54, 1.807) is 7.05 Å². The van der Waals surface area contributed by atoms with E-state index in [9.17, 15) is 12.8 Å². The fourth-order valence-electron chi connectivity index (χ4n) is 2.44. The number of halogens is 1. The zero-order valence-electron chi connectivity index (χ0n) is 12.4. The van der Waals surface area contributed by atoms with E-state index in [2.05, 4.69) is 10.0 Å². The molecule has 7 heteroatoms. The Morgan fingerprint density at radius 1 is 1.43 bits per heavy atom. The van der Waals surface area contributed by atoms with E-state index in [4.69, 9.17) is 4.74 Å². The molecule has 1 aromatic rings. The zero-order chi connectivity index (χ0) is 15.6. The minimum absolute atomic E-state index is 0.00755. The molecular formula is C14H21FN2O3S. The van der Waals surface area contributed by atoms with Crippen LogP contribution < -0.4 is 10.0 Å². The van der Waals surface area contributed by atoms with Crippen LogP contribution in [0.15, 0.2) is 17.0 Å². The summed E-state index contributed by atoms with van der Waals surface area (Å²) in [5.74, 6) is -0.515. The number of hydrogen-bond acceptors (Lipinski definition) is 4. The van der Waals surface area contributed by atoms with Crippen molar-refractivity contribution < 1.29 is 17.5 Å². The van der Waals surface area contributed by atoms with E-state index < -0.39 is 15.8 Å². The van der Waals surface area contributed by atoms with E-state index in [0.29, 0.717) is 25.1 Å². The molecule has 1 aliphatic rings. The first-order valence-electron chi connectivity index (χ1n) is 6.92. The lowest BCUT2D eigenvalue weighted by Gasteiger charge is -2.18. The van der Waals surface area contributed by atoms with Gasteiger partial charge in [0.15, 0.2) is 0 Å². The molecule has 0 aliphatic carbocycles. The molecular weight excluding hydrogens is 295 g/mol. The number of sulfonamides is 1. The molecule has 0 amide bonds. The van der Waals surface area contributed by atoms with Crippen LogP contribution in [0, 0.1) is 12.7 Å². The molecule has 0 bridgehead atoms. The third-order valence-corrected chi connectivity index (χ3v) is 5.33. The minimum atomic E-state index is -3.77. The standard InChI is InChI=1S/C14H21FN2O3S/c1-9-12(15)6-11(8-16-3)7-14(9)21(18,19)17-13-4-5-20-10(13)2/h6-7,10,13,16-17H,4-5,8H2,1-3H3. The Kier molecular flexibility index (Phi) is 4.98. The lowest BCUT2D eigenvalue weighted by Crippen LogP contribution is -2.39. The fourth-order valence-corrected chi connectivity index (χ4v) is 4.08. The number of benzene rings is 1. The maximum Gasteiger partial charge on any atom is 0.241 e. The van der Waals surface area contributed by atoms with E-state index in [-0.39, 0.29) is 22.6 Å². The van der Waals surface area contributed by atoms with Gasteiger partial charge in [-0.25, -0.2) is 17.5 Å². The third-order valence-electron chi connectivity index (χ3n) is 3.71. The van der Waals surface area contributed by atoms with Crippen LogP contribution in [0.5, 0.6) is 0 Å². The summed E-state index contributed by atoms with van der Waals surface area (Å²) >= 11 is 0. The summed E-state index contributed by atoms with van der Waals surface area (Å²) in [6.07, 6.45) is 0.448. The molecule has 1 saturated heterocycles. The largest absolute Gasteiger partial charge is 0.377 e. The SMILES string of the molecule is CNCc1cc(F)c(C)c(S(=O)(=O)NC2CCOC2C)c1. The van der Waals surface area contributed by atoms with Crippen molar-refractivity contribution in [1.82, 2.24) is 10.0 Å². The van der Waals surface area contributed by atoms with Crippen LogP contribution in [0.1, 0.15) is 24.5 Å². The second-order valence-corrected chi connectivity index (χ2v) is 7.01. The predicted octanol–water partition coefficient (Wildman–Crippen LogP) is 1.31. The number of ether oxygens (including phenoxy) is 1. The maximum absolute atomic E-state index is 13.9. The molecule has 5 nitrogen and oxygen atoms in total. The zero-order valence-corrected chi connectivity index (χ0v) is 13.3. The molecule has 2 atom stereocenters. The van der Waals surface area contributed by atoms with Gasteiger partial charge >= 0.3 is 0 Å². The summed E-state index contributed by atoms with van der Waals surface area (Å²) in [6.45, 7) is 4.23. The average molecular weight is 316 g/mol. The normalized spacial score (nSPS) is 22.7. The number of rotatable bonds is 5. The summed E-state index contributed by atoms with van der Waals surface area (Å²) < 4.78 is 46.9. The Balaban J connectivity index is 2.34. The molecule has 21 heavy (non-hydrogen) atoms. The molecule has 0 spiro atoms. The second kappa shape index (κ2) is 6.39. The van der Waals surface area contributed by atoms with Crippen molar-refractivity contribution in [3.63, 3.8) is 0 Å². The summed E-state index contributed by atoms with van der Waals surface area (Å²) in [6, 6.07) is 2.59. The Bertz CT molecular complexity index is 619. The van der Waals surface area contributed by atoms with Gasteiger partial charge in [0.05, 0.1) is 17.0 Å². The van der Waals surface area contributed by atoms with Crippen LogP contribution in [0.3, 0.4) is 0 Å². The predicted molar refractivity (Wildman–Crippen MR) is 78.0 cm³/mol. The summed E-state index contributed by atoms with van der Waals surface area (Å²) in [5.41, 5.74) is 0.727. The van der Waals surface area contributed by atoms with Crippen molar-refractivity contribution in [2.45, 2.75) is 43.9 Å². The smallest absolute Gasteiger partial charge is 0.241 e. The topological polar surface area (TPSA) is 67.4 Å². The second-order valence-electron chi connectivity index (χ2n) is 5.32. The van der Waals surface area contributed by atoms with E-state index in [1.165, 1.54) is 19.1 Å². The highest BCUT2D eigenvalue weighted by Crippen LogP contribution is 2.23. The molecule has 1 fully saturated rings. The van der Waals surface area contributed by atoms with E-state index in [0.717, 1.165) is 0 Å². The molecule has 118 valence electrons. The van der Waals surface area contributed by atoms with Gasteiger partial charge in [0.2, 0.25) is 10.0 Å². The first kappa shape index (κ1) is 16.4. The monoisotopic (exact) mass is 316 g/mol. The van der Waals surface area contributed by atoms with Crippen molar-refractivity contribution in [1.29, 1.82) is 0 Å². The maximum atomic E-state index is 13.9. The molecule has 1 aromatic carbocycles. The van der Waals surface area contributed by atoms with Gasteiger partial charge in [-0.05, 0) is 45.0 Å². The Hall–Kier alpha value is -1.02. The van der Waals surface area contributed by atoms with Gasteiger partial charge in [0, 0.05) is 18.7 Å². The summed E-state index contributed by atoms with van der Waals surface area (Å²) in [5, 5.41) is 2.89. The van der Waals surface area contributed by atoms with Crippen LogP contribution in [-0.4, -0.2) is 34.2 Å². The van der Waals surface area contributed by atoms with Gasteiger partial charge in [-0.2, -0.15) is 0 Å². The van der Waals surface area contributed by atoms with Crippen LogP contribution in [-0.2, 0) is 21.3 Å². The van der Waals surface area contributed by atoms with Crippen molar-refractivity contribution in [3.8, 4) is 0 Å². The first-order valence-corrected chi connectivity index (χ1v) is 8.41. The van der Waals surface area contributed by atoms with Crippen molar-refractivity contribution >= 4 is 10.0 Å². The average Bonchev–Trinajstić information content (AvgIpc) is 2.79. The molecule has 2 rings (SSSR count). The number of nitrogens with one attached hydrogen (secondary N) is 2. The molecule has 2 unspecified atom stereocenters. The highest BCUT2D eigenvalue weighted by Gasteiger charge is 2.30.